The summed E-state index contributed by atoms with van der Waals surface area (Å²) in [6, 6.07) is 0. The monoisotopic (exact) mass is 170 g/mol. The molecule has 68 valence electrons. The van der Waals surface area contributed by atoms with Gasteiger partial charge in [-0.25, -0.2) is 4.79 Å². The Kier molecular flexibility index (Phi) is 3.26. The van der Waals surface area contributed by atoms with Crippen molar-refractivity contribution < 1.29 is 14.3 Å². The highest BCUT2D eigenvalue weighted by atomic mass is 16.5. The number of ketones is 1. The number of hydrogen-bond acceptors (Lipinski definition) is 3. The summed E-state index contributed by atoms with van der Waals surface area (Å²) in [6.45, 7) is 1.24. The van der Waals surface area contributed by atoms with Crippen LogP contribution in [-0.2, 0) is 14.3 Å². The lowest BCUT2D eigenvalue weighted by Crippen LogP contribution is -2.24. The van der Waals surface area contributed by atoms with Crippen molar-refractivity contribution in [3.05, 3.63) is 0 Å². The second-order valence-electron chi connectivity index (χ2n) is 3.22. The predicted octanol–water partition coefficient (Wildman–Crippen LogP) is 1.45. The van der Waals surface area contributed by atoms with Gasteiger partial charge in [-0.15, -0.1) is 0 Å². The lowest BCUT2D eigenvalue weighted by atomic mass is 9.98. The second kappa shape index (κ2) is 4.24. The lowest BCUT2D eigenvalue weighted by Gasteiger charge is -2.20. The molecule has 1 saturated carbocycles. The number of carbonyl (C=O) groups is 2. The van der Waals surface area contributed by atoms with Crippen molar-refractivity contribution in [2.24, 2.45) is 0 Å². The summed E-state index contributed by atoms with van der Waals surface area (Å²) >= 11 is 0. The molecule has 0 unspecified atom stereocenters. The van der Waals surface area contributed by atoms with E-state index in [0.29, 0.717) is 0 Å². The van der Waals surface area contributed by atoms with Gasteiger partial charge >= 0.3 is 5.97 Å². The molecule has 3 nitrogen and oxygen atoms in total. The summed E-state index contributed by atoms with van der Waals surface area (Å²) in [6.07, 6.45) is 5.26. The first kappa shape index (κ1) is 9.23. The van der Waals surface area contributed by atoms with Gasteiger partial charge < -0.3 is 4.74 Å². The van der Waals surface area contributed by atoms with E-state index < -0.39 is 11.8 Å². The third-order valence-corrected chi connectivity index (χ3v) is 2.11. The van der Waals surface area contributed by atoms with Gasteiger partial charge in [-0.3, -0.25) is 4.79 Å². The summed E-state index contributed by atoms with van der Waals surface area (Å²) < 4.78 is 4.96. The Hall–Kier alpha value is -0.860. The molecule has 0 N–H and O–H groups in total. The molecule has 0 spiro atoms. The van der Waals surface area contributed by atoms with Crippen LogP contribution in [0.1, 0.15) is 39.0 Å². The SMILES string of the molecule is CC(=O)C(=O)OC1CCCCC1. The van der Waals surface area contributed by atoms with Crippen LogP contribution in [0.4, 0.5) is 0 Å². The zero-order chi connectivity index (χ0) is 8.97. The van der Waals surface area contributed by atoms with Gasteiger partial charge in [-0.1, -0.05) is 6.42 Å². The predicted molar refractivity (Wildman–Crippen MR) is 43.6 cm³/mol. The summed E-state index contributed by atoms with van der Waals surface area (Å²) in [5.41, 5.74) is 0. The number of Topliss-reactive ketones (excluding diaryl/α,β-unsaturated/α-hetero) is 1. The van der Waals surface area contributed by atoms with Gasteiger partial charge in [-0.05, 0) is 25.7 Å². The Morgan fingerprint density at radius 2 is 1.75 bits per heavy atom. The maximum atomic E-state index is 10.8. The van der Waals surface area contributed by atoms with E-state index in [2.05, 4.69) is 0 Å². The first-order chi connectivity index (χ1) is 5.70. The topological polar surface area (TPSA) is 43.4 Å². The van der Waals surface area contributed by atoms with Gasteiger partial charge in [0, 0.05) is 6.92 Å². The van der Waals surface area contributed by atoms with Crippen LogP contribution < -0.4 is 0 Å². The molecular formula is C9H14O3. The lowest BCUT2D eigenvalue weighted by molar-refractivity contribution is -0.158. The van der Waals surface area contributed by atoms with Gasteiger partial charge in [0.25, 0.3) is 0 Å². The summed E-state index contributed by atoms with van der Waals surface area (Å²) in [5.74, 6) is -1.18. The van der Waals surface area contributed by atoms with Crippen molar-refractivity contribution >= 4 is 11.8 Å². The highest BCUT2D eigenvalue weighted by molar-refractivity contribution is 6.32. The molecule has 0 radical (unpaired) electrons. The average Bonchev–Trinajstić information content (AvgIpc) is 2.06. The van der Waals surface area contributed by atoms with E-state index >= 15 is 0 Å². The molecule has 1 rings (SSSR count). The Labute approximate surface area is 72.1 Å². The first-order valence-corrected chi connectivity index (χ1v) is 4.41. The smallest absolute Gasteiger partial charge is 0.374 e. The molecule has 0 bridgehead atoms. The molecule has 0 aromatic heterocycles. The fraction of sp³-hybridized carbons (Fsp3) is 0.778. The number of esters is 1. The summed E-state index contributed by atoms with van der Waals surface area (Å²) in [5, 5.41) is 0. The Bertz CT molecular complexity index is 180. The van der Waals surface area contributed by atoms with E-state index in [9.17, 15) is 9.59 Å². The number of carbonyl (C=O) groups excluding carboxylic acids is 2. The van der Waals surface area contributed by atoms with Gasteiger partial charge in [0.05, 0.1) is 0 Å². The van der Waals surface area contributed by atoms with Crippen LogP contribution in [0.3, 0.4) is 0 Å². The molecule has 0 saturated heterocycles. The summed E-state index contributed by atoms with van der Waals surface area (Å²) in [4.78, 5) is 21.4. The number of ether oxygens (including phenoxy) is 1. The number of hydrogen-bond donors (Lipinski definition) is 0. The Morgan fingerprint density at radius 3 is 2.25 bits per heavy atom. The number of rotatable bonds is 2. The van der Waals surface area contributed by atoms with E-state index in [1.807, 2.05) is 0 Å². The minimum absolute atomic E-state index is 0.00449. The van der Waals surface area contributed by atoms with Gasteiger partial charge in [-0.2, -0.15) is 0 Å². The van der Waals surface area contributed by atoms with Gasteiger partial charge in [0.2, 0.25) is 5.78 Å². The summed E-state index contributed by atoms with van der Waals surface area (Å²) in [7, 11) is 0. The minimum Gasteiger partial charge on any atom is -0.457 e. The van der Waals surface area contributed by atoms with Crippen molar-refractivity contribution in [3.8, 4) is 0 Å². The van der Waals surface area contributed by atoms with E-state index in [0.717, 1.165) is 25.7 Å². The van der Waals surface area contributed by atoms with Crippen LogP contribution >= 0.6 is 0 Å². The van der Waals surface area contributed by atoms with Crippen LogP contribution in [-0.4, -0.2) is 17.9 Å². The van der Waals surface area contributed by atoms with E-state index in [1.54, 1.807) is 0 Å². The van der Waals surface area contributed by atoms with Gasteiger partial charge in [0.15, 0.2) is 0 Å². The highest BCUT2D eigenvalue weighted by Gasteiger charge is 2.19. The van der Waals surface area contributed by atoms with Crippen molar-refractivity contribution in [1.29, 1.82) is 0 Å². The van der Waals surface area contributed by atoms with E-state index in [1.165, 1.54) is 13.3 Å². The zero-order valence-corrected chi connectivity index (χ0v) is 7.34. The normalized spacial score (nSPS) is 18.8. The fourth-order valence-electron chi connectivity index (χ4n) is 1.42. The fourth-order valence-corrected chi connectivity index (χ4v) is 1.42. The van der Waals surface area contributed by atoms with Crippen LogP contribution in [0.15, 0.2) is 0 Å². The van der Waals surface area contributed by atoms with Crippen LogP contribution in [0, 0.1) is 0 Å². The quantitative estimate of drug-likeness (QED) is 0.465. The van der Waals surface area contributed by atoms with Crippen LogP contribution in [0.25, 0.3) is 0 Å². The van der Waals surface area contributed by atoms with Crippen molar-refractivity contribution in [2.45, 2.75) is 45.1 Å². The maximum absolute atomic E-state index is 10.8. The highest BCUT2D eigenvalue weighted by Crippen LogP contribution is 2.20. The molecule has 1 fully saturated rings. The van der Waals surface area contributed by atoms with Crippen LogP contribution in [0.5, 0.6) is 0 Å². The largest absolute Gasteiger partial charge is 0.457 e. The standard InChI is InChI=1S/C9H14O3/c1-7(10)9(11)12-8-5-3-2-4-6-8/h8H,2-6H2,1H3. The molecular weight excluding hydrogens is 156 g/mol. The van der Waals surface area contributed by atoms with E-state index in [4.69, 9.17) is 4.74 Å². The average molecular weight is 170 g/mol. The second-order valence-corrected chi connectivity index (χ2v) is 3.22. The molecule has 0 aromatic rings. The van der Waals surface area contributed by atoms with Gasteiger partial charge in [0.1, 0.15) is 6.10 Å². The molecule has 1 aliphatic rings. The molecule has 0 atom stereocenters. The third kappa shape index (κ3) is 2.64. The molecule has 0 aromatic carbocycles. The molecule has 1 aliphatic carbocycles. The van der Waals surface area contributed by atoms with Crippen molar-refractivity contribution in [3.63, 3.8) is 0 Å². The minimum atomic E-state index is -0.679. The first-order valence-electron chi connectivity index (χ1n) is 4.41. The van der Waals surface area contributed by atoms with Crippen molar-refractivity contribution in [2.75, 3.05) is 0 Å². The van der Waals surface area contributed by atoms with Crippen molar-refractivity contribution in [1.82, 2.24) is 0 Å². The van der Waals surface area contributed by atoms with Crippen LogP contribution in [0.2, 0.25) is 0 Å². The Balaban J connectivity index is 2.29. The molecule has 3 heteroatoms. The Morgan fingerprint density at radius 1 is 1.17 bits per heavy atom. The molecule has 0 heterocycles. The van der Waals surface area contributed by atoms with E-state index in [-0.39, 0.29) is 6.10 Å². The molecule has 0 aliphatic heterocycles. The third-order valence-electron chi connectivity index (χ3n) is 2.11. The zero-order valence-electron chi connectivity index (χ0n) is 7.34. The maximum Gasteiger partial charge on any atom is 0.374 e. The molecule has 0 amide bonds. The molecule has 12 heavy (non-hydrogen) atoms.